The molecule has 1 N–H and O–H groups in total. The fourth-order valence-electron chi connectivity index (χ4n) is 3.03. The molecule has 2 rings (SSSR count). The van der Waals surface area contributed by atoms with Gasteiger partial charge in [-0.15, -0.1) is 0 Å². The average molecular weight is 210 g/mol. The van der Waals surface area contributed by atoms with Gasteiger partial charge >= 0.3 is 0 Å². The predicted molar refractivity (Wildman–Crippen MR) is 60.3 cm³/mol. The van der Waals surface area contributed by atoms with Crippen LogP contribution in [-0.4, -0.2) is 29.1 Å². The molecular weight excluding hydrogens is 188 g/mol. The molecule has 1 unspecified atom stereocenters. The van der Waals surface area contributed by atoms with E-state index in [4.69, 9.17) is 0 Å². The lowest BCUT2D eigenvalue weighted by atomic mass is 9.98. The number of likely N-dealkylation sites (N-methyl/N-ethyl adjacent to an activating group) is 1. The predicted octanol–water partition coefficient (Wildman–Crippen LogP) is 1.73. The first-order valence-corrected chi connectivity index (χ1v) is 6.19. The number of rotatable bonds is 2. The summed E-state index contributed by atoms with van der Waals surface area (Å²) in [5.41, 5.74) is -0.190. The standard InChI is InChI=1S/C12H22N2O/c1-4-14-10(9(2)3)13-12(11(14)15)7-5-6-8-12/h9-10,13H,4-8H2,1-3H3. The Balaban J connectivity index is 2.22. The van der Waals surface area contributed by atoms with Crippen LogP contribution in [0.25, 0.3) is 0 Å². The second-order valence-electron chi connectivity index (χ2n) is 5.21. The minimum atomic E-state index is -0.190. The van der Waals surface area contributed by atoms with Gasteiger partial charge in [-0.05, 0) is 25.7 Å². The summed E-state index contributed by atoms with van der Waals surface area (Å²) in [6, 6.07) is 0. The normalized spacial score (nSPS) is 29.7. The molecule has 86 valence electrons. The summed E-state index contributed by atoms with van der Waals surface area (Å²) >= 11 is 0. The number of carbonyl (C=O) groups is 1. The Bertz CT molecular complexity index is 256. The minimum Gasteiger partial charge on any atom is -0.326 e. The van der Waals surface area contributed by atoms with Crippen LogP contribution in [0.1, 0.15) is 46.5 Å². The van der Waals surface area contributed by atoms with Gasteiger partial charge in [-0.2, -0.15) is 0 Å². The van der Waals surface area contributed by atoms with Crippen LogP contribution in [0.2, 0.25) is 0 Å². The van der Waals surface area contributed by atoms with Crippen molar-refractivity contribution in [2.75, 3.05) is 6.54 Å². The number of nitrogens with zero attached hydrogens (tertiary/aromatic N) is 1. The van der Waals surface area contributed by atoms with E-state index in [9.17, 15) is 4.79 Å². The van der Waals surface area contributed by atoms with Crippen molar-refractivity contribution >= 4 is 5.91 Å². The van der Waals surface area contributed by atoms with Gasteiger partial charge in [0, 0.05) is 6.54 Å². The van der Waals surface area contributed by atoms with Crippen LogP contribution in [0.15, 0.2) is 0 Å². The van der Waals surface area contributed by atoms with Gasteiger partial charge in [-0.1, -0.05) is 26.7 Å². The van der Waals surface area contributed by atoms with Gasteiger partial charge in [0.15, 0.2) is 0 Å². The largest absolute Gasteiger partial charge is 0.326 e. The van der Waals surface area contributed by atoms with Gasteiger partial charge in [0.1, 0.15) is 0 Å². The molecule has 1 aliphatic carbocycles. The molecule has 3 nitrogen and oxygen atoms in total. The first-order valence-electron chi connectivity index (χ1n) is 6.19. The summed E-state index contributed by atoms with van der Waals surface area (Å²) in [4.78, 5) is 14.4. The second-order valence-corrected chi connectivity index (χ2v) is 5.21. The summed E-state index contributed by atoms with van der Waals surface area (Å²) < 4.78 is 0. The quantitative estimate of drug-likeness (QED) is 0.753. The van der Waals surface area contributed by atoms with E-state index >= 15 is 0 Å². The van der Waals surface area contributed by atoms with E-state index in [1.54, 1.807) is 0 Å². The summed E-state index contributed by atoms with van der Waals surface area (Å²) in [6.45, 7) is 7.27. The van der Waals surface area contributed by atoms with Crippen molar-refractivity contribution in [3.05, 3.63) is 0 Å². The molecular formula is C12H22N2O. The van der Waals surface area contributed by atoms with E-state index in [0.29, 0.717) is 11.8 Å². The van der Waals surface area contributed by atoms with Crippen molar-refractivity contribution in [2.24, 2.45) is 5.92 Å². The highest BCUT2D eigenvalue weighted by atomic mass is 16.2. The zero-order chi connectivity index (χ0) is 11.1. The number of amides is 1. The van der Waals surface area contributed by atoms with E-state index in [0.717, 1.165) is 19.4 Å². The fourth-order valence-corrected chi connectivity index (χ4v) is 3.03. The molecule has 1 aliphatic heterocycles. The number of carbonyl (C=O) groups excluding carboxylic acids is 1. The van der Waals surface area contributed by atoms with Crippen molar-refractivity contribution in [1.29, 1.82) is 0 Å². The molecule has 15 heavy (non-hydrogen) atoms. The van der Waals surface area contributed by atoms with E-state index < -0.39 is 0 Å². The van der Waals surface area contributed by atoms with Crippen LogP contribution in [0.4, 0.5) is 0 Å². The second kappa shape index (κ2) is 3.78. The van der Waals surface area contributed by atoms with Gasteiger partial charge in [0.05, 0.1) is 11.7 Å². The third-order valence-electron chi connectivity index (χ3n) is 3.86. The van der Waals surface area contributed by atoms with Crippen molar-refractivity contribution in [1.82, 2.24) is 10.2 Å². The van der Waals surface area contributed by atoms with E-state index in [1.807, 2.05) is 4.90 Å². The van der Waals surface area contributed by atoms with Gasteiger partial charge in [-0.25, -0.2) is 0 Å². The Morgan fingerprint density at radius 1 is 1.47 bits per heavy atom. The van der Waals surface area contributed by atoms with Gasteiger partial charge in [0.25, 0.3) is 0 Å². The minimum absolute atomic E-state index is 0.190. The highest BCUT2D eigenvalue weighted by Gasteiger charge is 2.52. The molecule has 2 fully saturated rings. The Hall–Kier alpha value is -0.570. The Morgan fingerprint density at radius 3 is 2.47 bits per heavy atom. The van der Waals surface area contributed by atoms with Crippen LogP contribution in [0.3, 0.4) is 0 Å². The molecule has 0 aromatic heterocycles. The molecule has 1 amide bonds. The number of hydrogen-bond acceptors (Lipinski definition) is 2. The monoisotopic (exact) mass is 210 g/mol. The first kappa shape index (κ1) is 10.9. The topological polar surface area (TPSA) is 32.3 Å². The maximum atomic E-state index is 12.3. The highest BCUT2D eigenvalue weighted by molar-refractivity contribution is 5.89. The smallest absolute Gasteiger partial charge is 0.244 e. The Kier molecular flexibility index (Phi) is 2.75. The zero-order valence-corrected chi connectivity index (χ0v) is 10.0. The molecule has 0 aromatic rings. The van der Waals surface area contributed by atoms with E-state index in [1.165, 1.54) is 12.8 Å². The molecule has 2 aliphatic rings. The van der Waals surface area contributed by atoms with Gasteiger partial charge < -0.3 is 4.90 Å². The summed E-state index contributed by atoms with van der Waals surface area (Å²) in [5.74, 6) is 0.843. The van der Waals surface area contributed by atoms with Crippen molar-refractivity contribution < 1.29 is 4.79 Å². The van der Waals surface area contributed by atoms with Crippen LogP contribution in [-0.2, 0) is 4.79 Å². The lowest BCUT2D eigenvalue weighted by molar-refractivity contribution is -0.133. The third-order valence-corrected chi connectivity index (χ3v) is 3.86. The molecule has 1 heterocycles. The molecule has 3 heteroatoms. The maximum absolute atomic E-state index is 12.3. The SMILES string of the molecule is CCN1C(=O)C2(CCCC2)NC1C(C)C. The molecule has 0 bridgehead atoms. The highest BCUT2D eigenvalue weighted by Crippen LogP contribution is 2.37. The van der Waals surface area contributed by atoms with Crippen molar-refractivity contribution in [3.8, 4) is 0 Å². The van der Waals surface area contributed by atoms with E-state index in [-0.39, 0.29) is 11.7 Å². The Morgan fingerprint density at radius 2 is 2.07 bits per heavy atom. The van der Waals surface area contributed by atoms with Crippen LogP contribution in [0.5, 0.6) is 0 Å². The van der Waals surface area contributed by atoms with Crippen molar-refractivity contribution in [2.45, 2.75) is 58.2 Å². The van der Waals surface area contributed by atoms with Crippen LogP contribution in [0, 0.1) is 5.92 Å². The van der Waals surface area contributed by atoms with E-state index in [2.05, 4.69) is 26.1 Å². The summed E-state index contributed by atoms with van der Waals surface area (Å²) in [7, 11) is 0. The fraction of sp³-hybridized carbons (Fsp3) is 0.917. The molecule has 1 spiro atoms. The Labute approximate surface area is 92.2 Å². The van der Waals surface area contributed by atoms with Crippen LogP contribution >= 0.6 is 0 Å². The van der Waals surface area contributed by atoms with Crippen molar-refractivity contribution in [3.63, 3.8) is 0 Å². The number of hydrogen-bond donors (Lipinski definition) is 1. The summed E-state index contributed by atoms with van der Waals surface area (Å²) in [5, 5.41) is 3.59. The molecule has 1 atom stereocenters. The lowest BCUT2D eigenvalue weighted by Gasteiger charge is -2.25. The van der Waals surface area contributed by atoms with Gasteiger partial charge in [0.2, 0.25) is 5.91 Å². The zero-order valence-electron chi connectivity index (χ0n) is 10.0. The molecule has 0 aromatic carbocycles. The molecule has 1 saturated carbocycles. The third kappa shape index (κ3) is 1.57. The average Bonchev–Trinajstić information content (AvgIpc) is 2.76. The van der Waals surface area contributed by atoms with Gasteiger partial charge in [-0.3, -0.25) is 10.1 Å². The molecule has 1 saturated heterocycles. The van der Waals surface area contributed by atoms with Crippen LogP contribution < -0.4 is 5.32 Å². The lowest BCUT2D eigenvalue weighted by Crippen LogP contribution is -2.45. The maximum Gasteiger partial charge on any atom is 0.244 e. The molecule has 0 radical (unpaired) electrons. The number of nitrogens with one attached hydrogen (secondary N) is 1. The first-order chi connectivity index (χ1) is 7.10. The summed E-state index contributed by atoms with van der Waals surface area (Å²) in [6.07, 6.45) is 4.71.